The van der Waals surface area contributed by atoms with Gasteiger partial charge in [-0.25, -0.2) is 0 Å². The maximum atomic E-state index is 12.2. The molecule has 0 bridgehead atoms. The van der Waals surface area contributed by atoms with Gasteiger partial charge < -0.3 is 20.3 Å². The van der Waals surface area contributed by atoms with E-state index in [1.54, 1.807) is 7.11 Å². The van der Waals surface area contributed by atoms with Crippen LogP contribution in [0.1, 0.15) is 38.5 Å². The third kappa shape index (κ3) is 5.43. The molecule has 1 aromatic carbocycles. The Kier molecular flexibility index (Phi) is 7.21. The number of hydrogen-bond acceptors (Lipinski definition) is 6. The summed E-state index contributed by atoms with van der Waals surface area (Å²) < 4.78 is 10.4. The highest BCUT2D eigenvalue weighted by atomic mass is 35.5. The summed E-state index contributed by atoms with van der Waals surface area (Å²) in [5.74, 6) is 2.39. The monoisotopic (exact) mass is 394 g/mol. The summed E-state index contributed by atoms with van der Waals surface area (Å²) >= 11 is 0. The molecule has 1 aliphatic carbocycles. The lowest BCUT2D eigenvalue weighted by Crippen LogP contribution is -2.53. The largest absolute Gasteiger partial charge is 0.497 e. The molecule has 1 aliphatic rings. The first-order valence-corrected chi connectivity index (χ1v) is 9.02. The third-order valence-electron chi connectivity index (χ3n) is 4.94. The minimum absolute atomic E-state index is 0. The average Bonchev–Trinajstić information content (AvgIpc) is 3.42. The van der Waals surface area contributed by atoms with E-state index in [0.29, 0.717) is 43.4 Å². The van der Waals surface area contributed by atoms with Crippen molar-refractivity contribution < 1.29 is 14.1 Å². The fraction of sp³-hybridized carbons (Fsp3) is 0.526. The molecule has 1 unspecified atom stereocenters. The Labute approximate surface area is 165 Å². The van der Waals surface area contributed by atoms with Crippen LogP contribution in [0, 0.1) is 5.92 Å². The molecule has 3 N–H and O–H groups in total. The molecule has 1 heterocycles. The second-order valence-electron chi connectivity index (χ2n) is 7.04. The van der Waals surface area contributed by atoms with Crippen LogP contribution >= 0.6 is 12.4 Å². The van der Waals surface area contributed by atoms with Crippen molar-refractivity contribution >= 4 is 18.3 Å². The molecule has 1 fully saturated rings. The van der Waals surface area contributed by atoms with Crippen molar-refractivity contribution in [1.82, 2.24) is 15.5 Å². The fourth-order valence-electron chi connectivity index (χ4n) is 3.04. The van der Waals surface area contributed by atoms with Crippen LogP contribution in [0.5, 0.6) is 5.75 Å². The van der Waals surface area contributed by atoms with Crippen LogP contribution < -0.4 is 15.8 Å². The maximum absolute atomic E-state index is 12.2. The van der Waals surface area contributed by atoms with Crippen molar-refractivity contribution in [3.05, 3.63) is 30.2 Å². The van der Waals surface area contributed by atoms with Crippen LogP contribution in [0.3, 0.4) is 0 Å². The number of methoxy groups -OCH3 is 1. The quantitative estimate of drug-likeness (QED) is 0.677. The molecule has 27 heavy (non-hydrogen) atoms. The molecule has 3 rings (SSSR count). The summed E-state index contributed by atoms with van der Waals surface area (Å²) in [6, 6.07) is 7.47. The van der Waals surface area contributed by atoms with Gasteiger partial charge in [-0.1, -0.05) is 5.16 Å². The number of nitrogens with one attached hydrogen (secondary N) is 1. The minimum Gasteiger partial charge on any atom is -0.497 e. The van der Waals surface area contributed by atoms with Gasteiger partial charge in [-0.15, -0.1) is 12.4 Å². The zero-order valence-corrected chi connectivity index (χ0v) is 16.6. The predicted octanol–water partition coefficient (Wildman–Crippen LogP) is 2.73. The zero-order valence-electron chi connectivity index (χ0n) is 15.7. The molecule has 148 valence electrons. The van der Waals surface area contributed by atoms with E-state index in [4.69, 9.17) is 15.0 Å². The van der Waals surface area contributed by atoms with Crippen molar-refractivity contribution in [2.24, 2.45) is 11.7 Å². The highest BCUT2D eigenvalue weighted by molar-refractivity contribution is 5.85. The lowest BCUT2D eigenvalue weighted by Gasteiger charge is -2.29. The van der Waals surface area contributed by atoms with E-state index in [9.17, 15) is 4.79 Å². The molecule has 1 amide bonds. The van der Waals surface area contributed by atoms with Crippen LogP contribution in [-0.2, 0) is 11.2 Å². The molecular formula is C19H27ClN4O3. The molecule has 2 aromatic rings. The molecular weight excluding hydrogens is 368 g/mol. The maximum Gasteiger partial charge on any atom is 0.226 e. The van der Waals surface area contributed by atoms with Crippen LogP contribution in [0.2, 0.25) is 0 Å². The van der Waals surface area contributed by atoms with Gasteiger partial charge >= 0.3 is 0 Å². The summed E-state index contributed by atoms with van der Waals surface area (Å²) in [5, 5.41) is 7.09. The number of carbonyl (C=O) groups is 1. The second kappa shape index (κ2) is 9.19. The standard InChI is InChI=1S/C19H26N4O3.ClH/c1-19(12-20,14-8-9-14)22-16(24)4-3-5-17-21-18(23-26-17)13-6-10-15(25-2)11-7-13;/h6-7,10-11,14H,3-5,8-9,12,20H2,1-2H3,(H,22,24);1H. The van der Waals surface area contributed by atoms with Crippen molar-refractivity contribution in [1.29, 1.82) is 0 Å². The Hall–Kier alpha value is -2.12. The highest BCUT2D eigenvalue weighted by Gasteiger charge is 2.41. The molecule has 1 aromatic heterocycles. The van der Waals surface area contributed by atoms with Gasteiger partial charge in [0.2, 0.25) is 17.6 Å². The van der Waals surface area contributed by atoms with Gasteiger partial charge in [0.05, 0.1) is 12.6 Å². The second-order valence-corrected chi connectivity index (χ2v) is 7.04. The molecule has 1 atom stereocenters. The van der Waals surface area contributed by atoms with Crippen LogP contribution in [0.25, 0.3) is 11.4 Å². The number of amides is 1. The number of carbonyl (C=O) groups excluding carboxylic acids is 1. The van der Waals surface area contributed by atoms with Crippen LogP contribution in [0.4, 0.5) is 0 Å². The Morgan fingerprint density at radius 2 is 2.07 bits per heavy atom. The molecule has 1 saturated carbocycles. The number of benzene rings is 1. The third-order valence-corrected chi connectivity index (χ3v) is 4.94. The smallest absolute Gasteiger partial charge is 0.226 e. The number of ether oxygens (including phenoxy) is 1. The molecule has 7 nitrogen and oxygen atoms in total. The number of nitrogens with zero attached hydrogens (tertiary/aromatic N) is 2. The predicted molar refractivity (Wildman–Crippen MR) is 105 cm³/mol. The summed E-state index contributed by atoms with van der Waals surface area (Å²) in [6.07, 6.45) is 3.93. The van der Waals surface area contributed by atoms with E-state index in [1.165, 1.54) is 0 Å². The van der Waals surface area contributed by atoms with Gasteiger partial charge in [0.25, 0.3) is 0 Å². The molecule has 0 spiro atoms. The number of hydrogen-bond donors (Lipinski definition) is 2. The van der Waals surface area contributed by atoms with Gasteiger partial charge in [-0.05, 0) is 56.4 Å². The van der Waals surface area contributed by atoms with E-state index >= 15 is 0 Å². The molecule has 8 heteroatoms. The normalized spacial score (nSPS) is 15.5. The summed E-state index contributed by atoms with van der Waals surface area (Å²) in [5.41, 5.74) is 6.42. The van der Waals surface area contributed by atoms with E-state index in [0.717, 1.165) is 24.2 Å². The van der Waals surface area contributed by atoms with Crippen LogP contribution in [0.15, 0.2) is 28.8 Å². The van der Waals surface area contributed by atoms with Gasteiger partial charge in [0.1, 0.15) is 5.75 Å². The summed E-state index contributed by atoms with van der Waals surface area (Å²) in [4.78, 5) is 16.6. The topological polar surface area (TPSA) is 103 Å². The Bertz CT molecular complexity index is 746. The lowest BCUT2D eigenvalue weighted by atomic mass is 9.95. The Balaban J connectivity index is 0.00000261. The average molecular weight is 395 g/mol. The molecule has 0 aliphatic heterocycles. The minimum atomic E-state index is -0.275. The number of aromatic nitrogens is 2. The van der Waals surface area contributed by atoms with Crippen molar-refractivity contribution in [3.8, 4) is 17.1 Å². The van der Waals surface area contributed by atoms with E-state index in [2.05, 4.69) is 15.5 Å². The first-order valence-electron chi connectivity index (χ1n) is 9.02. The molecule has 0 saturated heterocycles. The summed E-state index contributed by atoms with van der Waals surface area (Å²) in [6.45, 7) is 2.50. The van der Waals surface area contributed by atoms with E-state index in [1.807, 2.05) is 31.2 Å². The first-order chi connectivity index (χ1) is 12.5. The number of aryl methyl sites for hydroxylation is 1. The van der Waals surface area contributed by atoms with Crippen LogP contribution in [-0.4, -0.2) is 35.2 Å². The van der Waals surface area contributed by atoms with E-state index < -0.39 is 0 Å². The highest BCUT2D eigenvalue weighted by Crippen LogP contribution is 2.39. The first kappa shape index (κ1) is 21.2. The number of halogens is 1. The molecule has 0 radical (unpaired) electrons. The van der Waals surface area contributed by atoms with Crippen molar-refractivity contribution in [2.75, 3.05) is 13.7 Å². The van der Waals surface area contributed by atoms with Gasteiger partial charge in [-0.2, -0.15) is 4.98 Å². The zero-order chi connectivity index (χ0) is 18.6. The number of nitrogens with two attached hydrogens (primary N) is 1. The van der Waals surface area contributed by atoms with Gasteiger partial charge in [-0.3, -0.25) is 4.79 Å². The lowest BCUT2D eigenvalue weighted by molar-refractivity contribution is -0.123. The SMILES string of the molecule is COc1ccc(-c2noc(CCCC(=O)NC(C)(CN)C3CC3)n2)cc1.Cl. The summed E-state index contributed by atoms with van der Waals surface area (Å²) in [7, 11) is 1.62. The van der Waals surface area contributed by atoms with E-state index in [-0.39, 0.29) is 23.9 Å². The Morgan fingerprint density at radius 1 is 1.37 bits per heavy atom. The van der Waals surface area contributed by atoms with Crippen molar-refractivity contribution in [2.45, 2.75) is 44.6 Å². The van der Waals surface area contributed by atoms with Gasteiger partial charge in [0.15, 0.2) is 0 Å². The fourth-order valence-corrected chi connectivity index (χ4v) is 3.04. The van der Waals surface area contributed by atoms with Crippen molar-refractivity contribution in [3.63, 3.8) is 0 Å². The number of rotatable bonds is 9. The Morgan fingerprint density at radius 3 is 2.67 bits per heavy atom. The van der Waals surface area contributed by atoms with Gasteiger partial charge in [0, 0.05) is 24.9 Å².